The van der Waals surface area contributed by atoms with E-state index in [9.17, 15) is 23.1 Å². The zero-order chi connectivity index (χ0) is 19.9. The number of benzene rings is 2. The van der Waals surface area contributed by atoms with Crippen molar-refractivity contribution in [2.45, 2.75) is 30.2 Å². The summed E-state index contributed by atoms with van der Waals surface area (Å²) in [5.41, 5.74) is 1.61. The molecule has 2 aromatic rings. The van der Waals surface area contributed by atoms with Gasteiger partial charge in [-0.25, -0.2) is 17.9 Å². The van der Waals surface area contributed by atoms with E-state index in [0.717, 1.165) is 11.1 Å². The fourth-order valence-corrected chi connectivity index (χ4v) is 3.26. The predicted molar refractivity (Wildman–Crippen MR) is 101 cm³/mol. The van der Waals surface area contributed by atoms with Crippen LogP contribution in [-0.2, 0) is 32.5 Å². The second-order valence-corrected chi connectivity index (χ2v) is 7.89. The summed E-state index contributed by atoms with van der Waals surface area (Å²) in [6.45, 7) is 0. The Bertz CT molecular complexity index is 880. The SMILES string of the molecule is CNS(=O)(=O)c1ccc(CCC(=O)N[C@H](Cc2ccccc2)C(=O)O)cc1. The van der Waals surface area contributed by atoms with Gasteiger partial charge in [0.2, 0.25) is 15.9 Å². The van der Waals surface area contributed by atoms with Crippen molar-refractivity contribution in [2.24, 2.45) is 0 Å². The van der Waals surface area contributed by atoms with Crippen LogP contribution in [0.4, 0.5) is 0 Å². The second kappa shape index (κ2) is 9.29. The minimum atomic E-state index is -3.50. The molecular weight excluding hydrogens is 368 g/mol. The fraction of sp³-hybridized carbons (Fsp3) is 0.263. The lowest BCUT2D eigenvalue weighted by Crippen LogP contribution is -2.42. The van der Waals surface area contributed by atoms with Gasteiger partial charge in [-0.3, -0.25) is 4.79 Å². The molecule has 0 aromatic heterocycles. The van der Waals surface area contributed by atoms with Crippen molar-refractivity contribution in [1.82, 2.24) is 10.0 Å². The summed E-state index contributed by atoms with van der Waals surface area (Å²) in [7, 11) is -2.16. The average molecular weight is 390 g/mol. The van der Waals surface area contributed by atoms with Gasteiger partial charge in [0.1, 0.15) is 6.04 Å². The highest BCUT2D eigenvalue weighted by Gasteiger charge is 2.20. The largest absolute Gasteiger partial charge is 0.480 e. The molecule has 1 atom stereocenters. The lowest BCUT2D eigenvalue weighted by molar-refractivity contribution is -0.141. The van der Waals surface area contributed by atoms with Gasteiger partial charge < -0.3 is 10.4 Å². The van der Waals surface area contributed by atoms with Crippen LogP contribution in [0.2, 0.25) is 0 Å². The van der Waals surface area contributed by atoms with Crippen molar-refractivity contribution in [3.8, 4) is 0 Å². The monoisotopic (exact) mass is 390 g/mol. The van der Waals surface area contributed by atoms with Crippen LogP contribution in [0.5, 0.6) is 0 Å². The molecule has 27 heavy (non-hydrogen) atoms. The van der Waals surface area contributed by atoms with E-state index < -0.39 is 22.0 Å². The number of aryl methyl sites for hydroxylation is 1. The number of amides is 1. The molecule has 0 unspecified atom stereocenters. The summed E-state index contributed by atoms with van der Waals surface area (Å²) in [4.78, 5) is 23.7. The van der Waals surface area contributed by atoms with Crippen LogP contribution >= 0.6 is 0 Å². The lowest BCUT2D eigenvalue weighted by atomic mass is 10.1. The summed E-state index contributed by atoms with van der Waals surface area (Å²) < 4.78 is 25.6. The number of carbonyl (C=O) groups excluding carboxylic acids is 1. The molecule has 7 nitrogen and oxygen atoms in total. The van der Waals surface area contributed by atoms with Crippen molar-refractivity contribution in [3.63, 3.8) is 0 Å². The average Bonchev–Trinajstić information content (AvgIpc) is 2.67. The minimum Gasteiger partial charge on any atom is -0.480 e. The van der Waals surface area contributed by atoms with Gasteiger partial charge in [0.05, 0.1) is 4.90 Å². The molecule has 0 aliphatic heterocycles. The molecule has 0 saturated heterocycles. The molecule has 0 bridgehead atoms. The fourth-order valence-electron chi connectivity index (χ4n) is 2.53. The van der Waals surface area contributed by atoms with Crippen LogP contribution in [0.1, 0.15) is 17.5 Å². The van der Waals surface area contributed by atoms with Gasteiger partial charge in [0, 0.05) is 12.8 Å². The van der Waals surface area contributed by atoms with E-state index in [-0.39, 0.29) is 23.6 Å². The third-order valence-electron chi connectivity index (χ3n) is 4.06. The Balaban J connectivity index is 1.91. The number of carbonyl (C=O) groups is 2. The summed E-state index contributed by atoms with van der Waals surface area (Å²) in [6.07, 6.45) is 0.693. The maximum Gasteiger partial charge on any atom is 0.326 e. The summed E-state index contributed by atoms with van der Waals surface area (Å²) in [5, 5.41) is 11.9. The van der Waals surface area contributed by atoms with Gasteiger partial charge in [0.25, 0.3) is 0 Å². The maximum atomic E-state index is 12.1. The Morgan fingerprint density at radius 2 is 1.63 bits per heavy atom. The summed E-state index contributed by atoms with van der Waals surface area (Å²) >= 11 is 0. The van der Waals surface area contributed by atoms with Crippen molar-refractivity contribution < 1.29 is 23.1 Å². The zero-order valence-corrected chi connectivity index (χ0v) is 15.7. The van der Waals surface area contributed by atoms with E-state index in [1.54, 1.807) is 12.1 Å². The first-order valence-electron chi connectivity index (χ1n) is 8.40. The van der Waals surface area contributed by atoms with E-state index in [4.69, 9.17) is 0 Å². The highest BCUT2D eigenvalue weighted by atomic mass is 32.2. The Morgan fingerprint density at radius 3 is 2.19 bits per heavy atom. The van der Waals surface area contributed by atoms with Gasteiger partial charge in [-0.2, -0.15) is 0 Å². The summed E-state index contributed by atoms with van der Waals surface area (Å²) in [6, 6.07) is 14.3. The van der Waals surface area contributed by atoms with Gasteiger partial charge >= 0.3 is 5.97 Å². The highest BCUT2D eigenvalue weighted by Crippen LogP contribution is 2.12. The number of carboxylic acids is 1. The van der Waals surface area contributed by atoms with E-state index in [0.29, 0.717) is 6.42 Å². The lowest BCUT2D eigenvalue weighted by Gasteiger charge is -2.14. The van der Waals surface area contributed by atoms with Crippen LogP contribution in [0.3, 0.4) is 0 Å². The second-order valence-electron chi connectivity index (χ2n) is 6.00. The topological polar surface area (TPSA) is 113 Å². The van der Waals surface area contributed by atoms with E-state index in [1.165, 1.54) is 19.2 Å². The maximum absolute atomic E-state index is 12.1. The van der Waals surface area contributed by atoms with Crippen molar-refractivity contribution >= 4 is 21.9 Å². The number of hydrogen-bond donors (Lipinski definition) is 3. The van der Waals surface area contributed by atoms with Gasteiger partial charge in [-0.1, -0.05) is 42.5 Å². The molecular formula is C19H22N2O5S. The van der Waals surface area contributed by atoms with Crippen LogP contribution in [-0.4, -0.2) is 38.5 Å². The molecule has 0 spiro atoms. The minimum absolute atomic E-state index is 0.108. The van der Waals surface area contributed by atoms with E-state index >= 15 is 0 Å². The van der Waals surface area contributed by atoms with Crippen LogP contribution in [0, 0.1) is 0 Å². The molecule has 1 amide bonds. The van der Waals surface area contributed by atoms with E-state index in [1.807, 2.05) is 30.3 Å². The van der Waals surface area contributed by atoms with Crippen molar-refractivity contribution in [2.75, 3.05) is 7.05 Å². The standard InChI is InChI=1S/C19H22N2O5S/c1-20-27(25,26)16-10-7-14(8-11-16)9-12-18(22)21-17(19(23)24)13-15-5-3-2-4-6-15/h2-8,10-11,17,20H,9,12-13H2,1H3,(H,21,22)(H,23,24)/t17-/m1/s1. The number of nitrogens with one attached hydrogen (secondary N) is 2. The predicted octanol–water partition coefficient (Wildman–Crippen LogP) is 1.34. The molecule has 3 N–H and O–H groups in total. The molecule has 8 heteroatoms. The zero-order valence-electron chi connectivity index (χ0n) is 14.9. The molecule has 144 valence electrons. The van der Waals surface area contributed by atoms with Crippen molar-refractivity contribution in [3.05, 3.63) is 65.7 Å². The molecule has 0 heterocycles. The van der Waals surface area contributed by atoms with Gasteiger partial charge in [-0.05, 0) is 36.7 Å². The number of rotatable bonds is 9. The number of carboxylic acid groups (broad SMARTS) is 1. The molecule has 2 aromatic carbocycles. The van der Waals surface area contributed by atoms with E-state index in [2.05, 4.69) is 10.0 Å². The number of hydrogen-bond acceptors (Lipinski definition) is 4. The van der Waals surface area contributed by atoms with Crippen molar-refractivity contribution in [1.29, 1.82) is 0 Å². The first-order chi connectivity index (χ1) is 12.8. The number of sulfonamides is 1. The van der Waals surface area contributed by atoms with Crippen LogP contribution < -0.4 is 10.0 Å². The third-order valence-corrected chi connectivity index (χ3v) is 5.49. The summed E-state index contributed by atoms with van der Waals surface area (Å²) in [5.74, 6) is -1.46. The quantitative estimate of drug-likeness (QED) is 0.598. The molecule has 0 aliphatic carbocycles. The Labute approximate surface area is 158 Å². The van der Waals surface area contributed by atoms with Gasteiger partial charge in [0.15, 0.2) is 0 Å². The normalized spacial score (nSPS) is 12.3. The van der Waals surface area contributed by atoms with Crippen LogP contribution in [0.15, 0.2) is 59.5 Å². The Kier molecular flexibility index (Phi) is 7.09. The first kappa shape index (κ1) is 20.6. The smallest absolute Gasteiger partial charge is 0.326 e. The van der Waals surface area contributed by atoms with Gasteiger partial charge in [-0.15, -0.1) is 0 Å². The van der Waals surface area contributed by atoms with Crippen LogP contribution in [0.25, 0.3) is 0 Å². The first-order valence-corrected chi connectivity index (χ1v) is 9.88. The number of aliphatic carboxylic acids is 1. The molecule has 0 aliphatic rings. The molecule has 0 fully saturated rings. The Morgan fingerprint density at radius 1 is 1.00 bits per heavy atom. The highest BCUT2D eigenvalue weighted by molar-refractivity contribution is 7.89. The molecule has 0 saturated carbocycles. The molecule has 2 rings (SSSR count). The molecule has 0 radical (unpaired) electrons. The third kappa shape index (κ3) is 6.19. The Hall–Kier alpha value is -2.71.